The number of rotatable bonds is 9. The summed E-state index contributed by atoms with van der Waals surface area (Å²) in [4.78, 5) is 16.0. The first-order valence-corrected chi connectivity index (χ1v) is 17.9. The van der Waals surface area contributed by atoms with Crippen LogP contribution in [0, 0.1) is 37.2 Å². The van der Waals surface area contributed by atoms with Crippen molar-refractivity contribution in [1.82, 2.24) is 4.98 Å². The number of aromatic nitrogens is 1. The standard InChI is InChI=1S/C29H25F3NS.C13H24O2.Ir/c1-16-10-17(2)12-20(11-16)25-27-24(23(15-33-25)29(30,31)32)22-9-7-19-13-18(14-28(3,4)5)6-8-21(19)26(22)34-27;1-5-10(6-2)12(14)9-13(15)11(7-3)8-4;/h6-11,13,15H,14H2,1-5H3;9-11,14H,5-8H2,1-4H3;/q-1;;/b;12-9-;/i14D2;;. The van der Waals surface area contributed by atoms with E-state index in [-0.39, 0.29) is 48.9 Å². The van der Waals surface area contributed by atoms with E-state index in [2.05, 4.69) is 11.1 Å². The fourth-order valence-electron chi connectivity index (χ4n) is 6.29. The largest absolute Gasteiger partial charge is 0.512 e. The Bertz CT molecular complexity index is 2050. The number of hydrogen-bond donors (Lipinski definition) is 1. The van der Waals surface area contributed by atoms with Crippen molar-refractivity contribution < 1.29 is 45.9 Å². The minimum atomic E-state index is -4.55. The van der Waals surface area contributed by atoms with E-state index in [1.807, 2.05) is 86.6 Å². The van der Waals surface area contributed by atoms with Crippen LogP contribution in [-0.4, -0.2) is 15.9 Å². The number of nitrogens with zero attached hydrogens (tertiary/aromatic N) is 1. The number of aryl methyl sites for hydroxylation is 2. The van der Waals surface area contributed by atoms with Crippen LogP contribution in [0.15, 0.2) is 60.5 Å². The van der Waals surface area contributed by atoms with Crippen LogP contribution in [0.3, 0.4) is 0 Å². The van der Waals surface area contributed by atoms with Gasteiger partial charge in [-0.15, -0.1) is 46.2 Å². The molecule has 3 aromatic carbocycles. The van der Waals surface area contributed by atoms with Gasteiger partial charge in [-0.25, -0.2) is 0 Å². The number of aliphatic hydroxyl groups is 1. The van der Waals surface area contributed by atoms with E-state index in [0.29, 0.717) is 26.9 Å². The number of thiophene rings is 1. The van der Waals surface area contributed by atoms with Crippen molar-refractivity contribution in [2.75, 3.05) is 0 Å². The second kappa shape index (κ2) is 17.0. The number of fused-ring (bicyclic) bond motifs is 5. The van der Waals surface area contributed by atoms with Crippen LogP contribution in [0.5, 0.6) is 0 Å². The molecule has 1 N–H and O–H groups in total. The minimum absolute atomic E-state index is 0. The Kier molecular flexibility index (Phi) is 13.0. The van der Waals surface area contributed by atoms with E-state index in [0.717, 1.165) is 58.5 Å². The maximum Gasteiger partial charge on any atom is 0.418 e. The van der Waals surface area contributed by atoms with Crippen molar-refractivity contribution in [1.29, 1.82) is 0 Å². The fourth-order valence-corrected chi connectivity index (χ4v) is 7.65. The Labute approximate surface area is 315 Å². The molecule has 271 valence electrons. The number of allylic oxidation sites excluding steroid dienone is 2. The van der Waals surface area contributed by atoms with Gasteiger partial charge in [-0.2, -0.15) is 13.2 Å². The van der Waals surface area contributed by atoms with Gasteiger partial charge in [0.1, 0.15) is 0 Å². The van der Waals surface area contributed by atoms with E-state index < -0.39 is 23.5 Å². The topological polar surface area (TPSA) is 50.2 Å². The SMILES string of the molecule is CCC(CC)C(=O)/C=C(\O)C(CC)CC.[2H]C([2H])(c1ccc2c(ccc3c2sc2c(-c4[c-]c(C)cc(C)c4)ncc(C(F)(F)F)c23)c1)C(C)(C)C.[Ir]. The number of benzene rings is 3. The van der Waals surface area contributed by atoms with Crippen LogP contribution in [0.4, 0.5) is 13.2 Å². The molecule has 50 heavy (non-hydrogen) atoms. The van der Waals surface area contributed by atoms with E-state index in [1.54, 1.807) is 18.2 Å². The van der Waals surface area contributed by atoms with Crippen LogP contribution < -0.4 is 0 Å². The van der Waals surface area contributed by atoms with Crippen molar-refractivity contribution in [2.24, 2.45) is 17.3 Å². The molecule has 0 unspecified atom stereocenters. The van der Waals surface area contributed by atoms with Crippen molar-refractivity contribution in [3.63, 3.8) is 0 Å². The molecular formula is C42H49F3IrNO2S-. The minimum Gasteiger partial charge on any atom is -0.512 e. The number of ketones is 1. The van der Waals surface area contributed by atoms with Gasteiger partial charge in [0.05, 0.1) is 11.3 Å². The van der Waals surface area contributed by atoms with Crippen LogP contribution in [0.2, 0.25) is 0 Å². The predicted octanol–water partition coefficient (Wildman–Crippen LogP) is 13.2. The molecule has 3 nitrogen and oxygen atoms in total. The summed E-state index contributed by atoms with van der Waals surface area (Å²) in [5.41, 5.74) is 2.22. The van der Waals surface area contributed by atoms with Crippen molar-refractivity contribution >= 4 is 48.1 Å². The fraction of sp³-hybridized carbons (Fsp3) is 0.429. The first-order valence-electron chi connectivity index (χ1n) is 18.1. The van der Waals surface area contributed by atoms with Crippen LogP contribution in [-0.2, 0) is 37.4 Å². The van der Waals surface area contributed by atoms with Gasteiger partial charge in [0.25, 0.3) is 0 Å². The average Bonchev–Trinajstić information content (AvgIpc) is 3.44. The van der Waals surface area contributed by atoms with Gasteiger partial charge in [0, 0.05) is 72.8 Å². The van der Waals surface area contributed by atoms with Gasteiger partial charge < -0.3 is 10.1 Å². The van der Waals surface area contributed by atoms with Gasteiger partial charge in [-0.05, 0) is 53.8 Å². The zero-order chi connectivity index (χ0) is 38.1. The molecule has 0 saturated heterocycles. The second-order valence-corrected chi connectivity index (χ2v) is 14.9. The molecule has 5 rings (SSSR count). The molecule has 2 aromatic heterocycles. The van der Waals surface area contributed by atoms with Crippen LogP contribution in [0.25, 0.3) is 42.2 Å². The Morgan fingerprint density at radius 1 is 0.940 bits per heavy atom. The van der Waals surface area contributed by atoms with Gasteiger partial charge >= 0.3 is 6.18 Å². The first kappa shape index (κ1) is 38.2. The first-order chi connectivity index (χ1) is 23.8. The number of alkyl halides is 3. The number of aliphatic hydroxyl groups excluding tert-OH is 1. The molecule has 0 aliphatic heterocycles. The zero-order valence-electron chi connectivity index (χ0n) is 32.4. The van der Waals surface area contributed by atoms with E-state index >= 15 is 0 Å². The summed E-state index contributed by atoms with van der Waals surface area (Å²) in [7, 11) is 0. The normalized spacial score (nSPS) is 13.4. The molecule has 2 heterocycles. The Morgan fingerprint density at radius 2 is 1.56 bits per heavy atom. The smallest absolute Gasteiger partial charge is 0.418 e. The molecule has 1 radical (unpaired) electrons. The van der Waals surface area contributed by atoms with Gasteiger partial charge in [-0.1, -0.05) is 92.6 Å². The summed E-state index contributed by atoms with van der Waals surface area (Å²) in [6, 6.07) is 16.0. The molecule has 0 fully saturated rings. The molecule has 0 aliphatic carbocycles. The van der Waals surface area contributed by atoms with Crippen LogP contribution >= 0.6 is 11.3 Å². The third kappa shape index (κ3) is 9.63. The Morgan fingerprint density at radius 3 is 2.12 bits per heavy atom. The summed E-state index contributed by atoms with van der Waals surface area (Å²) in [6.45, 7) is 17.5. The number of carbonyl (C=O) groups excluding carboxylic acids is 1. The van der Waals surface area contributed by atoms with E-state index in [1.165, 1.54) is 17.4 Å². The number of pyridine rings is 1. The van der Waals surface area contributed by atoms with Gasteiger partial charge in [-0.3, -0.25) is 4.79 Å². The van der Waals surface area contributed by atoms with Crippen molar-refractivity contribution in [3.05, 3.63) is 88.8 Å². The van der Waals surface area contributed by atoms with Crippen molar-refractivity contribution in [3.8, 4) is 11.3 Å². The summed E-state index contributed by atoms with van der Waals surface area (Å²) < 4.78 is 60.8. The molecule has 0 bridgehead atoms. The maximum absolute atomic E-state index is 14.1. The average molecular weight is 883 g/mol. The monoisotopic (exact) mass is 883 g/mol. The number of carbonyl (C=O) groups is 1. The van der Waals surface area contributed by atoms with E-state index in [9.17, 15) is 23.1 Å². The molecule has 0 atom stereocenters. The Hall–Kier alpha value is -3.06. The zero-order valence-corrected chi connectivity index (χ0v) is 33.6. The molecule has 0 amide bonds. The van der Waals surface area contributed by atoms with Crippen molar-refractivity contribution in [2.45, 2.75) is 101 Å². The third-order valence-corrected chi connectivity index (χ3v) is 10.0. The Balaban J connectivity index is 0.000000389. The second-order valence-electron chi connectivity index (χ2n) is 13.8. The third-order valence-electron chi connectivity index (χ3n) is 8.79. The molecule has 0 spiro atoms. The summed E-state index contributed by atoms with van der Waals surface area (Å²) in [6.07, 6.45) is -0.286. The molecule has 0 aliphatic rings. The molecular weight excluding hydrogens is 832 g/mol. The van der Waals surface area contributed by atoms with E-state index in [4.69, 9.17) is 2.74 Å². The summed E-state index contributed by atoms with van der Waals surface area (Å²) in [5, 5.41) is 12.0. The number of hydrogen-bond acceptors (Lipinski definition) is 4. The summed E-state index contributed by atoms with van der Waals surface area (Å²) >= 11 is 1.30. The van der Waals surface area contributed by atoms with Crippen LogP contribution in [0.1, 0.15) is 99.1 Å². The van der Waals surface area contributed by atoms with Gasteiger partial charge in [0.15, 0.2) is 5.78 Å². The molecule has 0 saturated carbocycles. The van der Waals surface area contributed by atoms with Gasteiger partial charge in [0.2, 0.25) is 0 Å². The molecule has 5 aromatic rings. The quantitative estimate of drug-likeness (QED) is 0.0911. The molecule has 8 heteroatoms. The summed E-state index contributed by atoms with van der Waals surface area (Å²) in [5.74, 6) is 0.547. The predicted molar refractivity (Wildman–Crippen MR) is 200 cm³/mol. The maximum atomic E-state index is 14.1. The number of halogens is 3.